The van der Waals surface area contributed by atoms with Crippen LogP contribution in [0.4, 0.5) is 0 Å². The summed E-state index contributed by atoms with van der Waals surface area (Å²) in [5, 5.41) is 0. The molecule has 1 heteroatoms. The third-order valence-electron chi connectivity index (χ3n) is 0.418. The van der Waals surface area contributed by atoms with E-state index in [0.717, 1.165) is 6.42 Å². The summed E-state index contributed by atoms with van der Waals surface area (Å²) in [4.78, 5) is 0. The molecular weight excluding hydrogens is 269 g/mol. The van der Waals surface area contributed by atoms with Crippen LogP contribution in [0.25, 0.3) is 0 Å². The van der Waals surface area contributed by atoms with Crippen LogP contribution in [0.15, 0.2) is 18.4 Å². The molecule has 0 amide bonds. The second-order valence-electron chi connectivity index (χ2n) is 0.921. The van der Waals surface area contributed by atoms with E-state index in [9.17, 15) is 0 Å². The van der Waals surface area contributed by atoms with Gasteiger partial charge in [0.05, 0.1) is 0 Å². The third-order valence-corrected chi connectivity index (χ3v) is 1.42. The van der Waals surface area contributed by atoms with Gasteiger partial charge in [0.1, 0.15) is 0 Å². The fourth-order valence-electron chi connectivity index (χ4n) is 0.167. The molecule has 0 fully saturated rings. The first-order valence-corrected chi connectivity index (χ1v) is 4.33. The molecular formula is C5H8Po. The average Bonchev–Trinajstić information content (AvgIpc) is 1.61. The van der Waals surface area contributed by atoms with E-state index < -0.39 is 0 Å². The van der Waals surface area contributed by atoms with Crippen molar-refractivity contribution in [2.45, 2.75) is 10.5 Å². The van der Waals surface area contributed by atoms with Crippen molar-refractivity contribution in [2.75, 3.05) is 0 Å². The van der Waals surface area contributed by atoms with Crippen LogP contribution in [0.2, 0.25) is 4.08 Å². The molecule has 0 radical (unpaired) electrons. The molecule has 0 aromatic rings. The maximum absolute atomic E-state index is 3.43. The Morgan fingerprint density at radius 2 is 2.50 bits per heavy atom. The predicted molar refractivity (Wildman–Crippen MR) is 30.3 cm³/mol. The molecule has 0 spiro atoms. The fourth-order valence-corrected chi connectivity index (χ4v) is 0.668. The molecule has 0 aliphatic rings. The van der Waals surface area contributed by atoms with Crippen LogP contribution in [0.3, 0.4) is 0 Å². The monoisotopic (exact) mass is 277 g/mol. The molecule has 0 rings (SSSR count). The normalized spacial score (nSPS) is 6.83. The second-order valence-corrected chi connectivity index (χ2v) is 2.66. The summed E-state index contributed by atoms with van der Waals surface area (Å²) >= 11 is 1.47. The Morgan fingerprint density at radius 1 is 1.83 bits per heavy atom. The Morgan fingerprint density at radius 3 is 2.67 bits per heavy atom. The van der Waals surface area contributed by atoms with Gasteiger partial charge in [-0.25, -0.2) is 0 Å². The SMILES string of the molecule is C=C=CC[CH2][PoH]. The van der Waals surface area contributed by atoms with E-state index in [1.165, 1.54) is 29.1 Å². The van der Waals surface area contributed by atoms with Crippen LogP contribution in [0, 0.1) is 0 Å². The van der Waals surface area contributed by atoms with Gasteiger partial charge in [-0.15, -0.1) is 0 Å². The molecule has 6 heavy (non-hydrogen) atoms. The summed E-state index contributed by atoms with van der Waals surface area (Å²) in [5.41, 5.74) is 2.71. The first-order chi connectivity index (χ1) is 2.91. The molecule has 0 aromatic heterocycles. The van der Waals surface area contributed by atoms with E-state index in [1.54, 1.807) is 0 Å². The number of allylic oxidation sites excluding steroid dienone is 1. The average molecular weight is 277 g/mol. The Labute approximate surface area is 54.1 Å². The van der Waals surface area contributed by atoms with Gasteiger partial charge in [-0.3, -0.25) is 0 Å². The van der Waals surface area contributed by atoms with E-state index in [2.05, 4.69) is 12.3 Å². The Balaban J connectivity index is 2.86. The van der Waals surface area contributed by atoms with E-state index >= 15 is 0 Å². The predicted octanol–water partition coefficient (Wildman–Crippen LogP) is 1.04. The molecule has 34 valence electrons. The molecule has 0 N–H and O–H groups in total. The number of rotatable bonds is 2. The summed E-state index contributed by atoms with van der Waals surface area (Å²) < 4.78 is 1.31. The van der Waals surface area contributed by atoms with E-state index in [4.69, 9.17) is 0 Å². The summed E-state index contributed by atoms with van der Waals surface area (Å²) in [6, 6.07) is 0. The first kappa shape index (κ1) is 6.42. The van der Waals surface area contributed by atoms with Crippen molar-refractivity contribution in [3.8, 4) is 0 Å². The van der Waals surface area contributed by atoms with Crippen molar-refractivity contribution < 1.29 is 0 Å². The summed E-state index contributed by atoms with van der Waals surface area (Å²) in [7, 11) is 0. The molecule has 0 saturated heterocycles. The fraction of sp³-hybridized carbons (Fsp3) is 0.400. The Kier molecular flexibility index (Phi) is 5.79. The molecule has 0 heterocycles. The number of hydrogen-bond donors (Lipinski definition) is 0. The van der Waals surface area contributed by atoms with Gasteiger partial charge in [-0.2, -0.15) is 0 Å². The molecule has 0 unspecified atom stereocenters. The van der Waals surface area contributed by atoms with Crippen molar-refractivity contribution >= 4 is 25.1 Å². The molecule has 0 saturated carbocycles. The van der Waals surface area contributed by atoms with Crippen molar-refractivity contribution in [3.63, 3.8) is 0 Å². The van der Waals surface area contributed by atoms with Gasteiger partial charge in [0.15, 0.2) is 0 Å². The van der Waals surface area contributed by atoms with Crippen LogP contribution in [-0.2, 0) is 0 Å². The van der Waals surface area contributed by atoms with Crippen LogP contribution in [-0.4, -0.2) is 25.1 Å². The maximum atomic E-state index is 3.43. The van der Waals surface area contributed by atoms with Crippen LogP contribution >= 0.6 is 0 Å². The van der Waals surface area contributed by atoms with Crippen molar-refractivity contribution in [3.05, 3.63) is 18.4 Å². The van der Waals surface area contributed by atoms with E-state index in [0.29, 0.717) is 0 Å². The molecule has 0 aromatic carbocycles. The van der Waals surface area contributed by atoms with Crippen molar-refractivity contribution in [2.24, 2.45) is 0 Å². The van der Waals surface area contributed by atoms with Gasteiger partial charge in [-0.1, -0.05) is 0 Å². The molecule has 0 nitrogen and oxygen atoms in total. The molecule has 0 aliphatic carbocycles. The van der Waals surface area contributed by atoms with E-state index in [-0.39, 0.29) is 0 Å². The van der Waals surface area contributed by atoms with Crippen molar-refractivity contribution in [1.82, 2.24) is 0 Å². The Hall–Kier alpha value is 0.416. The first-order valence-electron chi connectivity index (χ1n) is 1.87. The third kappa shape index (κ3) is 4.42. The van der Waals surface area contributed by atoms with Gasteiger partial charge in [0, 0.05) is 0 Å². The Bertz CT molecular complexity index is 60.3. The van der Waals surface area contributed by atoms with Crippen molar-refractivity contribution in [1.29, 1.82) is 0 Å². The quantitative estimate of drug-likeness (QED) is 0.662. The number of hydrogen-bond acceptors (Lipinski definition) is 0. The molecule has 0 aliphatic heterocycles. The summed E-state index contributed by atoms with van der Waals surface area (Å²) in [6.07, 6.45) is 3.14. The second kappa shape index (κ2) is 5.42. The molecule has 0 atom stereocenters. The topological polar surface area (TPSA) is 0 Å². The molecule has 0 bridgehead atoms. The van der Waals surface area contributed by atoms with Gasteiger partial charge < -0.3 is 0 Å². The minimum absolute atomic E-state index is 1.16. The zero-order chi connectivity index (χ0) is 4.83. The zero-order valence-electron chi connectivity index (χ0n) is 3.65. The standard InChI is InChI=1S/C5H7.Po.H/c1-3-5-4-2;;/h5H,1-3H2;;. The van der Waals surface area contributed by atoms with Crippen LogP contribution in [0.1, 0.15) is 6.42 Å². The van der Waals surface area contributed by atoms with Gasteiger partial charge >= 0.3 is 54.0 Å². The zero-order valence-corrected chi connectivity index (χ0v) is 7.12. The van der Waals surface area contributed by atoms with Crippen LogP contribution in [0.5, 0.6) is 0 Å². The van der Waals surface area contributed by atoms with Gasteiger partial charge in [0.25, 0.3) is 0 Å². The van der Waals surface area contributed by atoms with Crippen LogP contribution < -0.4 is 0 Å². The van der Waals surface area contributed by atoms with E-state index in [1.807, 2.05) is 6.08 Å². The summed E-state index contributed by atoms with van der Waals surface area (Å²) in [6.45, 7) is 3.43. The van der Waals surface area contributed by atoms with Gasteiger partial charge in [-0.05, 0) is 0 Å². The minimum atomic E-state index is 1.16. The summed E-state index contributed by atoms with van der Waals surface area (Å²) in [5.74, 6) is 0. The van der Waals surface area contributed by atoms with Gasteiger partial charge in [0.2, 0.25) is 0 Å².